The van der Waals surface area contributed by atoms with E-state index in [9.17, 15) is 0 Å². The van der Waals surface area contributed by atoms with Crippen molar-refractivity contribution in [1.29, 1.82) is 0 Å². The topological polar surface area (TPSA) is 47.3 Å². The Morgan fingerprint density at radius 2 is 1.10 bits per heavy atom. The SMILES string of the molecule is c1ccc(-c2nc3cccc(-c4cccc(N(c5cc6c(c7ccccc57)c5ccccc5n6-c5ccccc5)c5cccc6oc7ccccc7c56)c4)c3o2)cc1. The summed E-state index contributed by atoms with van der Waals surface area (Å²) >= 11 is 0. The molecule has 58 heavy (non-hydrogen) atoms. The number of fused-ring (bicyclic) bond motifs is 9. The molecule has 0 spiro atoms. The number of para-hydroxylation sites is 4. The number of oxazole rings is 1. The summed E-state index contributed by atoms with van der Waals surface area (Å²) in [5.74, 6) is 0.605. The molecule has 0 aliphatic heterocycles. The number of aromatic nitrogens is 2. The van der Waals surface area contributed by atoms with E-state index in [1.165, 1.54) is 16.2 Å². The van der Waals surface area contributed by atoms with E-state index in [1.54, 1.807) is 0 Å². The molecule has 0 aliphatic carbocycles. The molecule has 272 valence electrons. The monoisotopic (exact) mass is 743 g/mol. The molecule has 0 saturated heterocycles. The van der Waals surface area contributed by atoms with E-state index in [0.717, 1.165) is 88.9 Å². The summed E-state index contributed by atoms with van der Waals surface area (Å²) in [6.45, 7) is 0. The minimum Gasteiger partial charge on any atom is -0.456 e. The van der Waals surface area contributed by atoms with Gasteiger partial charge in [-0.1, -0.05) is 127 Å². The second-order valence-electron chi connectivity index (χ2n) is 14.7. The van der Waals surface area contributed by atoms with Crippen molar-refractivity contribution in [3.8, 4) is 28.3 Å². The number of hydrogen-bond acceptors (Lipinski definition) is 4. The lowest BCUT2D eigenvalue weighted by Gasteiger charge is -2.28. The molecular weight excluding hydrogens is 711 g/mol. The lowest BCUT2D eigenvalue weighted by atomic mass is 9.99. The van der Waals surface area contributed by atoms with Crippen molar-refractivity contribution >= 4 is 82.7 Å². The molecule has 0 amide bonds. The Bertz CT molecular complexity index is 3520. The molecular formula is C53H33N3O2. The first-order valence-electron chi connectivity index (χ1n) is 19.5. The van der Waals surface area contributed by atoms with E-state index in [0.29, 0.717) is 5.89 Å². The second-order valence-corrected chi connectivity index (χ2v) is 14.7. The highest BCUT2D eigenvalue weighted by molar-refractivity contribution is 6.25. The predicted octanol–water partition coefficient (Wildman–Crippen LogP) is 14.8. The van der Waals surface area contributed by atoms with E-state index in [4.69, 9.17) is 13.8 Å². The minimum absolute atomic E-state index is 0.605. The normalized spacial score (nSPS) is 11.8. The first-order chi connectivity index (χ1) is 28.8. The van der Waals surface area contributed by atoms with Gasteiger partial charge in [-0.05, 0) is 83.7 Å². The van der Waals surface area contributed by atoms with Crippen molar-refractivity contribution in [2.45, 2.75) is 0 Å². The quantitative estimate of drug-likeness (QED) is 0.170. The molecule has 0 bridgehead atoms. The van der Waals surface area contributed by atoms with Crippen LogP contribution in [0, 0.1) is 0 Å². The van der Waals surface area contributed by atoms with Crippen LogP contribution in [0.2, 0.25) is 0 Å². The Kier molecular flexibility index (Phi) is 7.16. The third-order valence-corrected chi connectivity index (χ3v) is 11.4. The Morgan fingerprint density at radius 1 is 0.431 bits per heavy atom. The van der Waals surface area contributed by atoms with Crippen LogP contribution < -0.4 is 4.90 Å². The van der Waals surface area contributed by atoms with Gasteiger partial charge in [-0.15, -0.1) is 0 Å². The summed E-state index contributed by atoms with van der Waals surface area (Å²) in [7, 11) is 0. The Morgan fingerprint density at radius 3 is 1.97 bits per heavy atom. The van der Waals surface area contributed by atoms with Gasteiger partial charge in [0.2, 0.25) is 5.89 Å². The van der Waals surface area contributed by atoms with Crippen LogP contribution in [0.5, 0.6) is 0 Å². The highest BCUT2D eigenvalue weighted by Crippen LogP contribution is 2.49. The summed E-state index contributed by atoms with van der Waals surface area (Å²) in [6.07, 6.45) is 0. The zero-order valence-corrected chi connectivity index (χ0v) is 31.2. The van der Waals surface area contributed by atoms with Crippen LogP contribution in [-0.4, -0.2) is 9.55 Å². The van der Waals surface area contributed by atoms with Crippen molar-refractivity contribution in [3.05, 3.63) is 200 Å². The van der Waals surface area contributed by atoms with Gasteiger partial charge in [0, 0.05) is 44.0 Å². The highest BCUT2D eigenvalue weighted by atomic mass is 16.3. The van der Waals surface area contributed by atoms with E-state index < -0.39 is 0 Å². The first-order valence-corrected chi connectivity index (χ1v) is 19.5. The van der Waals surface area contributed by atoms with Gasteiger partial charge in [0.1, 0.15) is 16.7 Å². The number of anilines is 3. The van der Waals surface area contributed by atoms with E-state index in [1.807, 2.05) is 48.5 Å². The fourth-order valence-corrected chi connectivity index (χ4v) is 8.89. The maximum absolute atomic E-state index is 6.55. The van der Waals surface area contributed by atoms with Crippen molar-refractivity contribution < 1.29 is 8.83 Å². The van der Waals surface area contributed by atoms with Crippen molar-refractivity contribution in [1.82, 2.24) is 9.55 Å². The maximum atomic E-state index is 6.55. The number of benzene rings is 9. The number of furan rings is 1. The van der Waals surface area contributed by atoms with Crippen LogP contribution in [0.15, 0.2) is 209 Å². The van der Waals surface area contributed by atoms with Gasteiger partial charge in [-0.2, -0.15) is 0 Å². The smallest absolute Gasteiger partial charge is 0.227 e. The Balaban J connectivity index is 1.17. The summed E-state index contributed by atoms with van der Waals surface area (Å²) in [5.41, 5.74) is 12.7. The molecule has 0 N–H and O–H groups in total. The molecule has 0 unspecified atom stereocenters. The van der Waals surface area contributed by atoms with Gasteiger partial charge in [0.25, 0.3) is 0 Å². The van der Waals surface area contributed by atoms with Crippen molar-refractivity contribution in [2.24, 2.45) is 0 Å². The molecule has 9 aromatic carbocycles. The summed E-state index contributed by atoms with van der Waals surface area (Å²) in [5, 5.41) is 6.90. The molecule has 12 aromatic rings. The molecule has 0 radical (unpaired) electrons. The zero-order valence-electron chi connectivity index (χ0n) is 31.2. The molecule has 0 saturated carbocycles. The van der Waals surface area contributed by atoms with Gasteiger partial charge < -0.3 is 18.3 Å². The lowest BCUT2D eigenvalue weighted by molar-refractivity contribution is 0.621. The largest absolute Gasteiger partial charge is 0.456 e. The molecule has 3 aromatic heterocycles. The third kappa shape index (κ3) is 4.93. The zero-order chi connectivity index (χ0) is 38.2. The Labute approximate surface area is 333 Å². The van der Waals surface area contributed by atoms with Gasteiger partial charge in [0.05, 0.1) is 27.8 Å². The summed E-state index contributed by atoms with van der Waals surface area (Å²) in [6, 6.07) is 70.3. The van der Waals surface area contributed by atoms with E-state index in [2.05, 4.69) is 161 Å². The number of rotatable bonds is 6. The van der Waals surface area contributed by atoms with Crippen LogP contribution in [0.1, 0.15) is 0 Å². The molecule has 5 heteroatoms. The maximum Gasteiger partial charge on any atom is 0.227 e. The standard InChI is InChI=1S/C53H33N3O2/c1-3-16-34(17-4-1)53-54-43-27-14-26-38(52(43)58-53)35-18-13-21-37(32-35)56(45-29-15-31-49-51(45)42-25-10-12-30-48(42)57-49)46-33-47-50(40-23-8-7-22-39(40)46)41-24-9-11-28-44(41)55(47)36-19-5-2-6-20-36/h1-33H. The molecule has 5 nitrogen and oxygen atoms in total. The van der Waals surface area contributed by atoms with Gasteiger partial charge in [-0.3, -0.25) is 0 Å². The van der Waals surface area contributed by atoms with Crippen molar-refractivity contribution in [3.63, 3.8) is 0 Å². The van der Waals surface area contributed by atoms with Gasteiger partial charge in [-0.25, -0.2) is 4.98 Å². The average molecular weight is 744 g/mol. The fourth-order valence-electron chi connectivity index (χ4n) is 8.89. The van der Waals surface area contributed by atoms with Crippen LogP contribution in [0.3, 0.4) is 0 Å². The van der Waals surface area contributed by atoms with Gasteiger partial charge >= 0.3 is 0 Å². The van der Waals surface area contributed by atoms with Crippen LogP contribution in [-0.2, 0) is 0 Å². The minimum atomic E-state index is 0.605. The summed E-state index contributed by atoms with van der Waals surface area (Å²) in [4.78, 5) is 7.32. The van der Waals surface area contributed by atoms with Crippen molar-refractivity contribution in [2.75, 3.05) is 4.90 Å². The number of hydrogen-bond donors (Lipinski definition) is 0. The van der Waals surface area contributed by atoms with E-state index >= 15 is 0 Å². The molecule has 0 fully saturated rings. The first kappa shape index (κ1) is 32.4. The number of nitrogens with zero attached hydrogens (tertiary/aromatic N) is 3. The second kappa shape index (κ2) is 12.8. The fraction of sp³-hybridized carbons (Fsp3) is 0. The van der Waals surface area contributed by atoms with Gasteiger partial charge in [0.15, 0.2) is 5.58 Å². The van der Waals surface area contributed by atoms with Crippen LogP contribution >= 0.6 is 0 Å². The van der Waals surface area contributed by atoms with Crippen LogP contribution in [0.4, 0.5) is 17.1 Å². The predicted molar refractivity (Wildman–Crippen MR) is 239 cm³/mol. The Hall–Kier alpha value is -7.89. The molecule has 3 heterocycles. The average Bonchev–Trinajstić information content (AvgIpc) is 4.00. The van der Waals surface area contributed by atoms with E-state index in [-0.39, 0.29) is 0 Å². The third-order valence-electron chi connectivity index (χ3n) is 11.4. The molecule has 12 rings (SSSR count). The highest BCUT2D eigenvalue weighted by Gasteiger charge is 2.25. The van der Waals surface area contributed by atoms with Crippen LogP contribution in [0.25, 0.3) is 93.9 Å². The summed E-state index contributed by atoms with van der Waals surface area (Å²) < 4.78 is 15.5. The molecule has 0 atom stereocenters. The molecule has 0 aliphatic rings. The lowest BCUT2D eigenvalue weighted by Crippen LogP contribution is -2.11.